The zero-order chi connectivity index (χ0) is 24.9. The van der Waals surface area contributed by atoms with E-state index >= 15 is 0 Å². The maximum atomic E-state index is 12.9. The third-order valence-electron chi connectivity index (χ3n) is 6.93. The topological polar surface area (TPSA) is 105 Å². The van der Waals surface area contributed by atoms with Gasteiger partial charge in [-0.1, -0.05) is 61.9 Å². The van der Waals surface area contributed by atoms with Gasteiger partial charge in [0.1, 0.15) is 12.6 Å². The Hall–Kier alpha value is -3.39. The van der Waals surface area contributed by atoms with Crippen LogP contribution < -0.4 is 5.32 Å². The van der Waals surface area contributed by atoms with Crippen molar-refractivity contribution >= 4 is 18.0 Å². The Morgan fingerprint density at radius 3 is 2.29 bits per heavy atom. The van der Waals surface area contributed by atoms with Crippen molar-refractivity contribution in [1.82, 2.24) is 10.2 Å². The molecule has 2 amide bonds. The van der Waals surface area contributed by atoms with Gasteiger partial charge in [-0.25, -0.2) is 9.59 Å². The molecule has 2 N–H and O–H groups in total. The average Bonchev–Trinajstić information content (AvgIpc) is 3.43. The molecule has 8 heteroatoms. The molecule has 1 aliphatic heterocycles. The van der Waals surface area contributed by atoms with E-state index in [1.807, 2.05) is 31.2 Å². The van der Waals surface area contributed by atoms with E-state index < -0.39 is 24.1 Å². The molecule has 1 heterocycles. The summed E-state index contributed by atoms with van der Waals surface area (Å²) < 4.78 is 10.9. The number of hydrogen-bond acceptors (Lipinski definition) is 5. The number of carbonyl (C=O) groups excluding carboxylic acids is 2. The minimum atomic E-state index is -1.05. The first kappa shape index (κ1) is 24.7. The van der Waals surface area contributed by atoms with Crippen LogP contribution in [0, 0.1) is 0 Å². The number of carboxylic acid groups (broad SMARTS) is 1. The van der Waals surface area contributed by atoms with Gasteiger partial charge in [0.2, 0.25) is 5.91 Å². The maximum absolute atomic E-state index is 12.9. The Morgan fingerprint density at radius 2 is 1.71 bits per heavy atom. The molecule has 2 aromatic rings. The van der Waals surface area contributed by atoms with E-state index in [-0.39, 0.29) is 43.9 Å². The highest BCUT2D eigenvalue weighted by Gasteiger charge is 2.40. The van der Waals surface area contributed by atoms with E-state index in [2.05, 4.69) is 29.6 Å². The van der Waals surface area contributed by atoms with Gasteiger partial charge in [0, 0.05) is 38.5 Å². The smallest absolute Gasteiger partial charge is 0.407 e. The van der Waals surface area contributed by atoms with E-state index in [9.17, 15) is 19.5 Å². The normalized spacial score (nSPS) is 19.7. The lowest BCUT2D eigenvalue weighted by molar-refractivity contribution is -0.148. The Kier molecular flexibility index (Phi) is 7.70. The van der Waals surface area contributed by atoms with Gasteiger partial charge in [-0.2, -0.15) is 0 Å². The van der Waals surface area contributed by atoms with Gasteiger partial charge in [-0.05, 0) is 28.7 Å². The second kappa shape index (κ2) is 10.9. The first-order chi connectivity index (χ1) is 16.9. The Bertz CT molecular complexity index is 1040. The Morgan fingerprint density at radius 1 is 1.09 bits per heavy atom. The van der Waals surface area contributed by atoms with Crippen LogP contribution in [0.5, 0.6) is 0 Å². The van der Waals surface area contributed by atoms with Crippen molar-refractivity contribution in [3.8, 4) is 11.1 Å². The zero-order valence-corrected chi connectivity index (χ0v) is 20.1. The number of aliphatic carboxylic acids is 1. The Labute approximate surface area is 205 Å². The molecule has 3 atom stereocenters. The molecule has 1 fully saturated rings. The van der Waals surface area contributed by atoms with Gasteiger partial charge in [-0.3, -0.25) is 4.79 Å². The fourth-order valence-corrected chi connectivity index (χ4v) is 5.19. The summed E-state index contributed by atoms with van der Waals surface area (Å²) in [5, 5.41) is 12.3. The van der Waals surface area contributed by atoms with Crippen LogP contribution >= 0.6 is 0 Å². The van der Waals surface area contributed by atoms with E-state index in [1.165, 1.54) is 12.0 Å². The molecule has 1 aliphatic carbocycles. The van der Waals surface area contributed by atoms with Crippen molar-refractivity contribution in [2.24, 2.45) is 0 Å². The van der Waals surface area contributed by atoms with Gasteiger partial charge in [0.25, 0.3) is 0 Å². The lowest BCUT2D eigenvalue weighted by atomic mass is 9.98. The number of carbonyl (C=O) groups is 3. The highest BCUT2D eigenvalue weighted by atomic mass is 16.5. The number of amides is 2. The van der Waals surface area contributed by atoms with Crippen LogP contribution in [-0.2, 0) is 19.1 Å². The summed E-state index contributed by atoms with van der Waals surface area (Å²) in [4.78, 5) is 38.6. The molecule has 0 saturated carbocycles. The van der Waals surface area contributed by atoms with Crippen molar-refractivity contribution in [2.75, 3.05) is 20.3 Å². The molecule has 186 valence electrons. The number of methoxy groups -OCH3 is 1. The second-order valence-electron chi connectivity index (χ2n) is 9.15. The van der Waals surface area contributed by atoms with Crippen LogP contribution in [-0.4, -0.2) is 66.4 Å². The lowest BCUT2D eigenvalue weighted by Gasteiger charge is -2.25. The highest BCUT2D eigenvalue weighted by Crippen LogP contribution is 2.44. The number of likely N-dealkylation sites (tertiary alicyclic amines) is 1. The van der Waals surface area contributed by atoms with Gasteiger partial charge < -0.3 is 24.8 Å². The van der Waals surface area contributed by atoms with E-state index in [4.69, 9.17) is 9.47 Å². The molecule has 2 aromatic carbocycles. The van der Waals surface area contributed by atoms with Crippen LogP contribution in [0.1, 0.15) is 49.7 Å². The quantitative estimate of drug-likeness (QED) is 0.566. The summed E-state index contributed by atoms with van der Waals surface area (Å²) >= 11 is 0. The van der Waals surface area contributed by atoms with Crippen molar-refractivity contribution in [3.63, 3.8) is 0 Å². The monoisotopic (exact) mass is 480 g/mol. The van der Waals surface area contributed by atoms with Crippen LogP contribution in [0.3, 0.4) is 0 Å². The summed E-state index contributed by atoms with van der Waals surface area (Å²) in [5.41, 5.74) is 4.56. The van der Waals surface area contributed by atoms with Gasteiger partial charge in [-0.15, -0.1) is 0 Å². The molecule has 8 nitrogen and oxygen atoms in total. The second-order valence-corrected chi connectivity index (χ2v) is 9.15. The number of nitrogens with zero attached hydrogens (tertiary/aromatic N) is 1. The van der Waals surface area contributed by atoms with Crippen molar-refractivity contribution in [3.05, 3.63) is 59.7 Å². The van der Waals surface area contributed by atoms with Gasteiger partial charge >= 0.3 is 12.1 Å². The number of hydrogen-bond donors (Lipinski definition) is 2. The third kappa shape index (κ3) is 5.32. The number of nitrogens with one attached hydrogen (secondary N) is 1. The molecular weight excluding hydrogens is 448 g/mol. The largest absolute Gasteiger partial charge is 0.480 e. The predicted octanol–water partition coefficient (Wildman–Crippen LogP) is 3.78. The molecule has 0 radical (unpaired) electrons. The molecule has 2 unspecified atom stereocenters. The van der Waals surface area contributed by atoms with Crippen molar-refractivity contribution in [1.29, 1.82) is 0 Å². The minimum Gasteiger partial charge on any atom is -0.480 e. The summed E-state index contributed by atoms with van der Waals surface area (Å²) in [6.07, 6.45) is 0.720. The maximum Gasteiger partial charge on any atom is 0.407 e. The summed E-state index contributed by atoms with van der Waals surface area (Å²) in [5.74, 6) is -1.41. The summed E-state index contributed by atoms with van der Waals surface area (Å²) in [6, 6.07) is 14.9. The number of fused-ring (bicyclic) bond motifs is 3. The SMILES string of the molecule is CCC[C@H](CC(=O)N1CC(OC)CC1C(=O)O)NC(=O)OCC1c2ccccc2-c2ccccc21. The number of benzene rings is 2. The van der Waals surface area contributed by atoms with Gasteiger partial charge in [0.05, 0.1) is 6.10 Å². The van der Waals surface area contributed by atoms with Crippen LogP contribution in [0.15, 0.2) is 48.5 Å². The average molecular weight is 481 g/mol. The van der Waals surface area contributed by atoms with Crippen LogP contribution in [0.2, 0.25) is 0 Å². The van der Waals surface area contributed by atoms with E-state index in [1.54, 1.807) is 0 Å². The first-order valence-electron chi connectivity index (χ1n) is 12.1. The minimum absolute atomic E-state index is 0.0122. The van der Waals surface area contributed by atoms with Crippen molar-refractivity contribution in [2.45, 2.75) is 56.7 Å². The van der Waals surface area contributed by atoms with Crippen LogP contribution in [0.25, 0.3) is 11.1 Å². The third-order valence-corrected chi connectivity index (χ3v) is 6.93. The molecule has 0 aromatic heterocycles. The molecule has 2 aliphatic rings. The summed E-state index contributed by atoms with van der Waals surface area (Å²) in [7, 11) is 1.51. The van der Waals surface area contributed by atoms with E-state index in [0.717, 1.165) is 28.7 Å². The van der Waals surface area contributed by atoms with Gasteiger partial charge in [0.15, 0.2) is 0 Å². The first-order valence-corrected chi connectivity index (χ1v) is 12.1. The zero-order valence-electron chi connectivity index (χ0n) is 20.1. The molecular formula is C27H32N2O6. The molecule has 0 spiro atoms. The number of ether oxygens (including phenoxy) is 2. The standard InChI is InChI=1S/C27H32N2O6/c1-3-8-17(13-25(30)29-15-18(34-2)14-24(29)26(31)32)28-27(33)35-16-23-21-11-6-4-9-19(21)20-10-5-7-12-22(20)23/h4-7,9-12,17-18,23-24H,3,8,13-16H2,1-2H3,(H,28,33)(H,31,32)/t17-,18?,24?/m1/s1. The number of carboxylic acids is 1. The Balaban J connectivity index is 1.37. The van der Waals surface area contributed by atoms with Crippen LogP contribution in [0.4, 0.5) is 4.79 Å². The highest BCUT2D eigenvalue weighted by molar-refractivity contribution is 5.85. The number of rotatable bonds is 9. The fourth-order valence-electron chi connectivity index (χ4n) is 5.19. The molecule has 1 saturated heterocycles. The lowest BCUT2D eigenvalue weighted by Crippen LogP contribution is -2.45. The summed E-state index contributed by atoms with van der Waals surface area (Å²) in [6.45, 7) is 2.39. The predicted molar refractivity (Wildman–Crippen MR) is 130 cm³/mol. The fraction of sp³-hybridized carbons (Fsp3) is 0.444. The molecule has 35 heavy (non-hydrogen) atoms. The number of alkyl carbamates (subject to hydrolysis) is 1. The molecule has 0 bridgehead atoms. The molecule has 4 rings (SSSR count). The van der Waals surface area contributed by atoms with E-state index in [0.29, 0.717) is 6.42 Å². The van der Waals surface area contributed by atoms with Crippen molar-refractivity contribution < 1.29 is 29.0 Å².